The van der Waals surface area contributed by atoms with Crippen molar-refractivity contribution in [2.24, 2.45) is 0 Å². The second-order valence-corrected chi connectivity index (χ2v) is 6.67. The summed E-state index contributed by atoms with van der Waals surface area (Å²) in [5.74, 6) is -1.17. The van der Waals surface area contributed by atoms with E-state index in [2.05, 4.69) is 0 Å². The molecule has 2 aromatic rings. The minimum Gasteiger partial charge on any atom is -0.512 e. The molecule has 136 valence electrons. The summed E-state index contributed by atoms with van der Waals surface area (Å²) < 4.78 is 31.7. The van der Waals surface area contributed by atoms with E-state index < -0.39 is 11.6 Å². The number of carbonyl (C=O) groups excluding carboxylic acids is 1. The second-order valence-electron chi connectivity index (χ2n) is 6.67. The number of aliphatic hydroxyl groups is 1. The van der Waals surface area contributed by atoms with Crippen LogP contribution in [0.2, 0.25) is 0 Å². The van der Waals surface area contributed by atoms with E-state index >= 15 is 0 Å². The van der Waals surface area contributed by atoms with E-state index in [0.29, 0.717) is 25.7 Å². The first kappa shape index (κ1) is 18.1. The molecule has 0 atom stereocenters. The Balaban J connectivity index is 1.73. The van der Waals surface area contributed by atoms with Crippen LogP contribution >= 0.6 is 0 Å². The van der Waals surface area contributed by atoms with Crippen molar-refractivity contribution in [2.75, 3.05) is 0 Å². The van der Waals surface area contributed by atoms with Crippen molar-refractivity contribution in [1.82, 2.24) is 0 Å². The molecular formula is C21H20F2O3. The van der Waals surface area contributed by atoms with Gasteiger partial charge >= 0.3 is 5.97 Å². The first-order valence-corrected chi connectivity index (χ1v) is 8.56. The summed E-state index contributed by atoms with van der Waals surface area (Å²) in [6.45, 7) is 0. The molecule has 26 heavy (non-hydrogen) atoms. The Hall–Kier alpha value is -2.69. The van der Waals surface area contributed by atoms with Crippen LogP contribution in [-0.4, -0.2) is 16.7 Å². The van der Waals surface area contributed by atoms with E-state index in [1.165, 1.54) is 24.3 Å². The Morgan fingerprint density at radius 2 is 1.35 bits per heavy atom. The zero-order valence-electron chi connectivity index (χ0n) is 14.3. The number of esters is 1. The summed E-state index contributed by atoms with van der Waals surface area (Å²) in [5.41, 5.74) is 1.02. The van der Waals surface area contributed by atoms with Crippen molar-refractivity contribution in [3.63, 3.8) is 0 Å². The van der Waals surface area contributed by atoms with Gasteiger partial charge in [0.05, 0.1) is 6.08 Å². The van der Waals surface area contributed by atoms with Gasteiger partial charge in [-0.25, -0.2) is 13.6 Å². The zero-order valence-corrected chi connectivity index (χ0v) is 14.3. The quantitative estimate of drug-likeness (QED) is 0.764. The third kappa shape index (κ3) is 4.69. The summed E-state index contributed by atoms with van der Waals surface area (Å²) in [6, 6.07) is 12.4. The highest BCUT2D eigenvalue weighted by molar-refractivity contribution is 5.83. The fraction of sp³-hybridized carbons (Fsp3) is 0.286. The molecule has 1 heterocycles. The summed E-state index contributed by atoms with van der Waals surface area (Å²) in [6.07, 6.45) is 3.51. The number of cyclic esters (lactones) is 1. The van der Waals surface area contributed by atoms with Gasteiger partial charge in [0.1, 0.15) is 23.0 Å². The predicted molar refractivity (Wildman–Crippen MR) is 93.6 cm³/mol. The van der Waals surface area contributed by atoms with Crippen LogP contribution in [0.25, 0.3) is 0 Å². The summed E-state index contributed by atoms with van der Waals surface area (Å²) in [7, 11) is 0. The lowest BCUT2D eigenvalue weighted by Gasteiger charge is -2.35. The molecule has 0 amide bonds. The average molecular weight is 358 g/mol. The average Bonchev–Trinajstić information content (AvgIpc) is 2.60. The van der Waals surface area contributed by atoms with Gasteiger partial charge < -0.3 is 9.84 Å². The molecule has 0 saturated heterocycles. The fourth-order valence-corrected chi connectivity index (χ4v) is 3.25. The SMILES string of the molecule is O=C1C=C(O)CC(CCc2ccc(F)cc2)(CCc2ccc(F)cc2)O1. The standard InChI is InChI=1S/C21H20F2O3/c22-17-5-1-15(2-6-17)9-11-21(14-19(24)13-20(25)26-21)12-10-16-3-7-18(23)8-4-16/h1-8,13,24H,9-12,14H2. The lowest BCUT2D eigenvalue weighted by molar-refractivity contribution is -0.158. The fourth-order valence-electron chi connectivity index (χ4n) is 3.25. The third-order valence-corrected chi connectivity index (χ3v) is 4.67. The molecule has 1 aliphatic rings. The molecule has 0 radical (unpaired) electrons. The molecule has 0 aliphatic carbocycles. The molecule has 0 unspecified atom stereocenters. The van der Waals surface area contributed by atoms with Crippen molar-refractivity contribution >= 4 is 5.97 Å². The summed E-state index contributed by atoms with van der Waals surface area (Å²) >= 11 is 0. The van der Waals surface area contributed by atoms with Crippen molar-refractivity contribution in [3.05, 3.63) is 83.1 Å². The van der Waals surface area contributed by atoms with E-state index in [1.54, 1.807) is 24.3 Å². The number of rotatable bonds is 6. The third-order valence-electron chi connectivity index (χ3n) is 4.67. The Morgan fingerprint density at radius 3 is 1.77 bits per heavy atom. The number of halogens is 2. The van der Waals surface area contributed by atoms with Crippen LogP contribution in [0.4, 0.5) is 8.78 Å². The lowest BCUT2D eigenvalue weighted by atomic mass is 9.84. The van der Waals surface area contributed by atoms with E-state index in [1.807, 2.05) is 0 Å². The number of carbonyl (C=O) groups is 1. The maximum absolute atomic E-state index is 13.1. The van der Waals surface area contributed by atoms with Gasteiger partial charge in [0.15, 0.2) is 0 Å². The monoisotopic (exact) mass is 358 g/mol. The van der Waals surface area contributed by atoms with Crippen LogP contribution in [0, 0.1) is 11.6 Å². The largest absolute Gasteiger partial charge is 0.512 e. The van der Waals surface area contributed by atoms with Gasteiger partial charge in [-0.15, -0.1) is 0 Å². The topological polar surface area (TPSA) is 46.5 Å². The number of aryl methyl sites for hydroxylation is 2. The molecule has 0 aromatic heterocycles. The van der Waals surface area contributed by atoms with Gasteiger partial charge in [-0.1, -0.05) is 24.3 Å². The Labute approximate surface area is 150 Å². The minimum absolute atomic E-state index is 0.000498. The Bertz CT molecular complexity index is 746. The molecule has 1 aliphatic heterocycles. The molecule has 3 rings (SSSR count). The highest BCUT2D eigenvalue weighted by Gasteiger charge is 2.37. The maximum atomic E-state index is 13.1. The number of hydrogen-bond acceptors (Lipinski definition) is 3. The maximum Gasteiger partial charge on any atom is 0.334 e. The molecule has 0 bridgehead atoms. The number of ether oxygens (including phenoxy) is 1. The zero-order chi connectivity index (χ0) is 18.6. The van der Waals surface area contributed by atoms with Crippen LogP contribution in [0.5, 0.6) is 0 Å². The number of aliphatic hydroxyl groups excluding tert-OH is 1. The predicted octanol–water partition coefficient (Wildman–Crippen LogP) is 4.66. The van der Waals surface area contributed by atoms with Crippen molar-refractivity contribution in [1.29, 1.82) is 0 Å². The first-order chi connectivity index (χ1) is 12.4. The van der Waals surface area contributed by atoms with Crippen LogP contribution in [0.1, 0.15) is 30.4 Å². The van der Waals surface area contributed by atoms with Gasteiger partial charge in [-0.05, 0) is 61.1 Å². The van der Waals surface area contributed by atoms with Crippen LogP contribution in [0.15, 0.2) is 60.4 Å². The number of hydrogen-bond donors (Lipinski definition) is 1. The van der Waals surface area contributed by atoms with Crippen LogP contribution in [-0.2, 0) is 22.4 Å². The van der Waals surface area contributed by atoms with Crippen LogP contribution < -0.4 is 0 Å². The smallest absolute Gasteiger partial charge is 0.334 e. The minimum atomic E-state index is -0.835. The van der Waals surface area contributed by atoms with E-state index in [9.17, 15) is 18.7 Å². The van der Waals surface area contributed by atoms with E-state index in [4.69, 9.17) is 4.74 Å². The molecular weight excluding hydrogens is 338 g/mol. The lowest BCUT2D eigenvalue weighted by Crippen LogP contribution is -2.39. The molecule has 2 aromatic carbocycles. The van der Waals surface area contributed by atoms with Gasteiger partial charge in [-0.2, -0.15) is 0 Å². The molecule has 0 saturated carbocycles. The van der Waals surface area contributed by atoms with Gasteiger partial charge in [0.2, 0.25) is 0 Å². The highest BCUT2D eigenvalue weighted by atomic mass is 19.1. The van der Waals surface area contributed by atoms with Crippen molar-refractivity contribution < 1.29 is 23.4 Å². The summed E-state index contributed by atoms with van der Waals surface area (Å²) in [5, 5.41) is 9.94. The van der Waals surface area contributed by atoms with Crippen molar-refractivity contribution in [2.45, 2.75) is 37.7 Å². The molecule has 0 fully saturated rings. The normalized spacial score (nSPS) is 16.1. The van der Waals surface area contributed by atoms with E-state index in [-0.39, 0.29) is 23.8 Å². The first-order valence-electron chi connectivity index (χ1n) is 8.56. The molecule has 1 N–H and O–H groups in total. The van der Waals surface area contributed by atoms with Gasteiger partial charge in [-0.3, -0.25) is 0 Å². The second kappa shape index (κ2) is 7.68. The Kier molecular flexibility index (Phi) is 5.35. The highest BCUT2D eigenvalue weighted by Crippen LogP contribution is 2.34. The van der Waals surface area contributed by atoms with Crippen LogP contribution in [0.3, 0.4) is 0 Å². The number of benzene rings is 2. The molecule has 3 nitrogen and oxygen atoms in total. The van der Waals surface area contributed by atoms with E-state index in [0.717, 1.165) is 17.2 Å². The van der Waals surface area contributed by atoms with Gasteiger partial charge in [0, 0.05) is 6.42 Å². The summed E-state index contributed by atoms with van der Waals surface area (Å²) in [4.78, 5) is 11.8. The van der Waals surface area contributed by atoms with Gasteiger partial charge in [0.25, 0.3) is 0 Å². The molecule has 0 spiro atoms. The van der Waals surface area contributed by atoms with Crippen molar-refractivity contribution in [3.8, 4) is 0 Å². The Morgan fingerprint density at radius 1 is 0.885 bits per heavy atom. The molecule has 5 heteroatoms.